The number of halogens is 1. The lowest BCUT2D eigenvalue weighted by atomic mass is 10.3. The van der Waals surface area contributed by atoms with E-state index in [-0.39, 0.29) is 0 Å². The molecular formula is C13H17ClN2. The van der Waals surface area contributed by atoms with Crippen LogP contribution in [0.4, 0.5) is 0 Å². The zero-order chi connectivity index (χ0) is 11.4. The van der Waals surface area contributed by atoms with Crippen LogP contribution >= 0.6 is 11.6 Å². The molecule has 0 aliphatic rings. The van der Waals surface area contributed by atoms with E-state index in [1.165, 1.54) is 11.3 Å². The molecule has 1 aromatic carbocycles. The van der Waals surface area contributed by atoms with Gasteiger partial charge in [-0.15, -0.1) is 11.6 Å². The molecule has 16 heavy (non-hydrogen) atoms. The summed E-state index contributed by atoms with van der Waals surface area (Å²) in [6, 6.07) is 8.33. The van der Waals surface area contributed by atoms with Crippen molar-refractivity contribution < 1.29 is 0 Å². The molecule has 0 saturated carbocycles. The van der Waals surface area contributed by atoms with Gasteiger partial charge in [-0.2, -0.15) is 0 Å². The number of aromatic nitrogens is 2. The third-order valence-corrected chi connectivity index (χ3v) is 3.08. The third-order valence-electron chi connectivity index (χ3n) is 2.82. The molecule has 2 nitrogen and oxygen atoms in total. The monoisotopic (exact) mass is 236 g/mol. The SMILES string of the molecule is CCc1nc2ccccc2n1CCCCCl. The van der Waals surface area contributed by atoms with Gasteiger partial charge in [-0.1, -0.05) is 19.1 Å². The molecule has 0 spiro atoms. The number of unbranched alkanes of at least 4 members (excludes halogenated alkanes) is 1. The molecule has 0 radical (unpaired) electrons. The molecule has 0 bridgehead atoms. The average molecular weight is 237 g/mol. The smallest absolute Gasteiger partial charge is 0.109 e. The fourth-order valence-electron chi connectivity index (χ4n) is 2.01. The summed E-state index contributed by atoms with van der Waals surface area (Å²) in [5, 5.41) is 0. The fraction of sp³-hybridized carbons (Fsp3) is 0.462. The maximum Gasteiger partial charge on any atom is 0.109 e. The minimum atomic E-state index is 0.744. The number of benzene rings is 1. The van der Waals surface area contributed by atoms with E-state index < -0.39 is 0 Å². The first-order valence-corrected chi connectivity index (χ1v) is 6.40. The number of rotatable bonds is 5. The van der Waals surface area contributed by atoms with Crippen LogP contribution in [-0.2, 0) is 13.0 Å². The Hall–Kier alpha value is -1.02. The molecule has 0 N–H and O–H groups in total. The molecule has 0 aliphatic heterocycles. The molecule has 0 amide bonds. The highest BCUT2D eigenvalue weighted by molar-refractivity contribution is 6.17. The Morgan fingerprint density at radius 1 is 1.25 bits per heavy atom. The number of aryl methyl sites for hydroxylation is 2. The Kier molecular flexibility index (Phi) is 3.83. The Labute approximate surface area is 101 Å². The second-order valence-electron chi connectivity index (χ2n) is 3.92. The van der Waals surface area contributed by atoms with Crippen LogP contribution in [0.5, 0.6) is 0 Å². The quantitative estimate of drug-likeness (QED) is 0.573. The van der Waals surface area contributed by atoms with Crippen molar-refractivity contribution in [1.29, 1.82) is 0 Å². The molecule has 2 aromatic rings. The first-order chi connectivity index (χ1) is 7.86. The normalized spacial score (nSPS) is 11.1. The van der Waals surface area contributed by atoms with Crippen molar-refractivity contribution in [2.45, 2.75) is 32.7 Å². The molecule has 3 heteroatoms. The first kappa shape index (κ1) is 11.5. The van der Waals surface area contributed by atoms with Crippen LogP contribution in [0.15, 0.2) is 24.3 Å². The van der Waals surface area contributed by atoms with Crippen LogP contribution in [0, 0.1) is 0 Å². The van der Waals surface area contributed by atoms with Crippen molar-refractivity contribution in [3.8, 4) is 0 Å². The van der Waals surface area contributed by atoms with Crippen LogP contribution in [0.25, 0.3) is 11.0 Å². The third kappa shape index (κ3) is 2.22. The zero-order valence-electron chi connectivity index (χ0n) is 9.62. The molecule has 0 saturated heterocycles. The van der Waals surface area contributed by atoms with Crippen molar-refractivity contribution >= 4 is 22.6 Å². The highest BCUT2D eigenvalue weighted by Gasteiger charge is 2.07. The Morgan fingerprint density at radius 2 is 2.06 bits per heavy atom. The molecule has 0 unspecified atom stereocenters. The van der Waals surface area contributed by atoms with Crippen molar-refractivity contribution in [2.24, 2.45) is 0 Å². The van der Waals surface area contributed by atoms with Crippen LogP contribution in [0.2, 0.25) is 0 Å². The minimum absolute atomic E-state index is 0.744. The summed E-state index contributed by atoms with van der Waals surface area (Å²) in [4.78, 5) is 4.64. The number of imidazole rings is 1. The maximum absolute atomic E-state index is 5.71. The number of nitrogens with zero attached hydrogens (tertiary/aromatic N) is 2. The average Bonchev–Trinajstić information content (AvgIpc) is 2.68. The molecule has 0 aliphatic carbocycles. The van der Waals surface area contributed by atoms with Crippen LogP contribution < -0.4 is 0 Å². The zero-order valence-corrected chi connectivity index (χ0v) is 10.4. The van der Waals surface area contributed by atoms with Gasteiger partial charge in [0.15, 0.2) is 0 Å². The highest BCUT2D eigenvalue weighted by Crippen LogP contribution is 2.17. The van der Waals surface area contributed by atoms with Crippen molar-refractivity contribution in [2.75, 3.05) is 5.88 Å². The van der Waals surface area contributed by atoms with E-state index in [1.54, 1.807) is 0 Å². The van der Waals surface area contributed by atoms with Gasteiger partial charge in [0.25, 0.3) is 0 Å². The second kappa shape index (κ2) is 5.35. The van der Waals surface area contributed by atoms with E-state index in [0.717, 1.165) is 37.2 Å². The topological polar surface area (TPSA) is 17.8 Å². The maximum atomic E-state index is 5.71. The highest BCUT2D eigenvalue weighted by atomic mass is 35.5. The van der Waals surface area contributed by atoms with Crippen LogP contribution in [0.1, 0.15) is 25.6 Å². The summed E-state index contributed by atoms with van der Waals surface area (Å²) in [5.41, 5.74) is 2.35. The predicted molar refractivity (Wildman–Crippen MR) is 69.1 cm³/mol. The van der Waals surface area contributed by atoms with E-state index in [0.29, 0.717) is 0 Å². The fourth-order valence-corrected chi connectivity index (χ4v) is 2.20. The summed E-state index contributed by atoms with van der Waals surface area (Å²) >= 11 is 5.71. The van der Waals surface area contributed by atoms with Gasteiger partial charge in [0, 0.05) is 18.8 Å². The van der Waals surface area contributed by atoms with Crippen molar-refractivity contribution in [3.05, 3.63) is 30.1 Å². The summed E-state index contributed by atoms with van der Waals surface area (Å²) in [6.45, 7) is 3.18. The second-order valence-corrected chi connectivity index (χ2v) is 4.30. The van der Waals surface area contributed by atoms with Crippen molar-refractivity contribution in [3.63, 3.8) is 0 Å². The van der Waals surface area contributed by atoms with Gasteiger partial charge in [0.1, 0.15) is 5.82 Å². The lowest BCUT2D eigenvalue weighted by Gasteiger charge is -2.06. The van der Waals surface area contributed by atoms with Crippen LogP contribution in [-0.4, -0.2) is 15.4 Å². The summed E-state index contributed by atoms with van der Waals surface area (Å²) in [7, 11) is 0. The van der Waals surface area contributed by atoms with Gasteiger partial charge in [-0.25, -0.2) is 4.98 Å². The first-order valence-electron chi connectivity index (χ1n) is 5.87. The number of hydrogen-bond acceptors (Lipinski definition) is 1. The van der Waals surface area contributed by atoms with Crippen molar-refractivity contribution in [1.82, 2.24) is 9.55 Å². The molecule has 0 fully saturated rings. The number of hydrogen-bond donors (Lipinski definition) is 0. The largest absolute Gasteiger partial charge is 0.328 e. The van der Waals surface area contributed by atoms with Gasteiger partial charge in [-0.05, 0) is 25.0 Å². The number of fused-ring (bicyclic) bond motifs is 1. The number of alkyl halides is 1. The Morgan fingerprint density at radius 3 is 2.81 bits per heavy atom. The van der Waals surface area contributed by atoms with E-state index >= 15 is 0 Å². The molecule has 1 heterocycles. The summed E-state index contributed by atoms with van der Waals surface area (Å²) in [6.07, 6.45) is 3.17. The van der Waals surface area contributed by atoms with E-state index in [1.807, 2.05) is 6.07 Å². The lowest BCUT2D eigenvalue weighted by Crippen LogP contribution is -2.03. The lowest BCUT2D eigenvalue weighted by molar-refractivity contribution is 0.621. The van der Waals surface area contributed by atoms with Gasteiger partial charge in [0.05, 0.1) is 11.0 Å². The van der Waals surface area contributed by atoms with Gasteiger partial charge < -0.3 is 4.57 Å². The van der Waals surface area contributed by atoms with Gasteiger partial charge in [-0.3, -0.25) is 0 Å². The summed E-state index contributed by atoms with van der Waals surface area (Å²) < 4.78 is 2.32. The van der Waals surface area contributed by atoms with Crippen LogP contribution in [0.3, 0.4) is 0 Å². The van der Waals surface area contributed by atoms with E-state index in [2.05, 4.69) is 34.7 Å². The molecule has 86 valence electrons. The van der Waals surface area contributed by atoms with E-state index in [4.69, 9.17) is 11.6 Å². The molecule has 1 aromatic heterocycles. The van der Waals surface area contributed by atoms with Gasteiger partial charge >= 0.3 is 0 Å². The van der Waals surface area contributed by atoms with Gasteiger partial charge in [0.2, 0.25) is 0 Å². The summed E-state index contributed by atoms with van der Waals surface area (Å²) in [5.74, 6) is 1.92. The Bertz CT molecular complexity index is 462. The predicted octanol–water partition coefficient (Wildman–Crippen LogP) is 3.62. The molecule has 2 rings (SSSR count). The van der Waals surface area contributed by atoms with E-state index in [9.17, 15) is 0 Å². The standard InChI is InChI=1S/C13H17ClN2/c1-2-13-15-11-7-3-4-8-12(11)16(13)10-6-5-9-14/h3-4,7-8H,2,5-6,9-10H2,1H3. The molecular weight excluding hydrogens is 220 g/mol. The number of para-hydroxylation sites is 2. The molecule has 0 atom stereocenters. The Balaban J connectivity index is 2.32. The minimum Gasteiger partial charge on any atom is -0.328 e.